The fourth-order valence-corrected chi connectivity index (χ4v) is 15.8. The van der Waals surface area contributed by atoms with Crippen LogP contribution >= 0.6 is 0 Å². The third-order valence-corrected chi connectivity index (χ3v) is 22.3. The number of ether oxygens (including phenoxy) is 1. The summed E-state index contributed by atoms with van der Waals surface area (Å²) in [6, 6.07) is -13.0. The van der Waals surface area contributed by atoms with Gasteiger partial charge in [0.25, 0.3) is 0 Å². The zero-order chi connectivity index (χ0) is 79.9. The van der Waals surface area contributed by atoms with Gasteiger partial charge in [0.15, 0.2) is 0 Å². The lowest BCUT2D eigenvalue weighted by Gasteiger charge is -2.39. The van der Waals surface area contributed by atoms with Crippen molar-refractivity contribution >= 4 is 76.8 Å². The van der Waals surface area contributed by atoms with Crippen molar-refractivity contribution in [2.24, 2.45) is 47.3 Å². The minimum absolute atomic E-state index is 0.00323. The average Bonchev–Trinajstić information content (AvgIpc) is 0.815. The van der Waals surface area contributed by atoms with E-state index in [0.29, 0.717) is 51.6 Å². The van der Waals surface area contributed by atoms with Crippen LogP contribution in [-0.4, -0.2) is 277 Å². The summed E-state index contributed by atoms with van der Waals surface area (Å²) in [4.78, 5) is 205. The van der Waals surface area contributed by atoms with E-state index in [9.17, 15) is 43.5 Å². The van der Waals surface area contributed by atoms with Crippen LogP contribution in [0.1, 0.15) is 218 Å². The number of carbonyl (C=O) groups is 13. The van der Waals surface area contributed by atoms with Crippen molar-refractivity contribution in [3.8, 4) is 0 Å². The van der Waals surface area contributed by atoms with Gasteiger partial charge in [0.1, 0.15) is 60.4 Å². The number of aliphatic hydroxyl groups is 1. The topological polar surface area (TPSA) is 337 Å². The molecule has 4 fully saturated rings. The molecule has 6 N–H and O–H groups in total. The number of methoxy groups -OCH3 is 1. The highest BCUT2D eigenvalue weighted by Gasteiger charge is 2.45. The number of rotatable bonds is 20. The molecule has 0 aromatic heterocycles. The molecule has 2 aliphatic heterocycles. The molecule has 0 bridgehead atoms. The zero-order valence-corrected chi connectivity index (χ0v) is 68.3. The van der Waals surface area contributed by atoms with E-state index < -0.39 is 162 Å². The lowest BCUT2D eigenvalue weighted by molar-refractivity contribution is -0.152. The molecule has 2 heterocycles. The maximum atomic E-state index is 15.8. The third-order valence-electron chi connectivity index (χ3n) is 22.3. The molecular weight excluding hydrogens is 1360 g/mol. The summed E-state index contributed by atoms with van der Waals surface area (Å²) < 4.78 is 5.89. The Bertz CT molecular complexity index is 2950. The van der Waals surface area contributed by atoms with Gasteiger partial charge in [0.2, 0.25) is 76.8 Å². The Morgan fingerprint density at radius 2 is 0.925 bits per heavy atom. The molecule has 4 rings (SSSR count). The molecule has 4 unspecified atom stereocenters. The normalized spacial score (nSPS) is 28.4. The minimum atomic E-state index is -1.66. The number of likely N-dealkylation sites (N-methyl/N-ethyl adjacent to an activating group) is 7. The van der Waals surface area contributed by atoms with Gasteiger partial charge < -0.3 is 75.6 Å². The van der Waals surface area contributed by atoms with Gasteiger partial charge in [-0.05, 0) is 145 Å². The van der Waals surface area contributed by atoms with E-state index in [2.05, 4.69) is 26.6 Å². The van der Waals surface area contributed by atoms with E-state index in [1.165, 1.54) is 80.8 Å². The number of nitrogens with zero attached hydrogens (tertiary/aromatic N) is 8. The molecule has 13 amide bonds. The predicted octanol–water partition coefficient (Wildman–Crippen LogP) is 4.71. The molecule has 106 heavy (non-hydrogen) atoms. The fraction of sp³-hybridized carbons (Fsp3) is 0.833. The summed E-state index contributed by atoms with van der Waals surface area (Å²) in [5.41, 5.74) is 0. The summed E-state index contributed by atoms with van der Waals surface area (Å²) in [6.07, 6.45) is 6.85. The lowest BCUT2D eigenvalue weighted by atomic mass is 9.77. The van der Waals surface area contributed by atoms with Crippen LogP contribution in [0, 0.1) is 47.3 Å². The van der Waals surface area contributed by atoms with E-state index in [4.69, 9.17) is 4.74 Å². The van der Waals surface area contributed by atoms with Crippen molar-refractivity contribution in [2.45, 2.75) is 291 Å². The summed E-state index contributed by atoms with van der Waals surface area (Å²) in [5.74, 6) is -9.77. The quantitative estimate of drug-likeness (QED) is 0.0961. The molecule has 0 aromatic rings. The molecule has 0 radical (unpaired) electrons. The molecule has 4 aliphatic rings. The number of hydrogen-bond donors (Lipinski definition) is 6. The molecule has 604 valence electrons. The molecule has 0 aromatic carbocycles. The monoisotopic (exact) mass is 1500 g/mol. The first-order valence-corrected chi connectivity index (χ1v) is 39.5. The molecular formula is C78H137N13O15. The van der Waals surface area contributed by atoms with Crippen LogP contribution in [0.5, 0.6) is 0 Å². The molecule has 14 atom stereocenters. The average molecular weight is 1500 g/mol. The Kier molecular flexibility index (Phi) is 37.3. The Hall–Kier alpha value is -6.97. The van der Waals surface area contributed by atoms with Gasteiger partial charge in [-0.15, -0.1) is 0 Å². The standard InChI is InChI=1S/C78H137N13O15/c1-22-58-69(96)81-56(37-46(2)3)74(101)90(20)63(41-50(10)11)77(104)88(18)61(42-52-29-25-23-26-30-52)71(98)80-55(34-32-53-31-33-54(68(95)79-13)64(43-53)106-21)73(100)89(19)62(40-49(8)9)76(103)87(17)60(39-48(6)7)72(99)83-67(51(12)92)78(105)84(14)45-66(94)86(16)59(38-47(4)5)70(97)82-57(44-65(93)85(58)15)75(102)91-35-27-24-28-36-91/h46-64,67,92H,22-45H2,1-21H3,(H,79,95)(H,80,98)(H,81,96)(H,82,97)(H,83,99)/t51-,53?,54?,55+,56+,57+,58+,59+,60+,61?,62+,63+,64?,67+/m1/s1. The van der Waals surface area contributed by atoms with Gasteiger partial charge in [-0.2, -0.15) is 0 Å². The highest BCUT2D eigenvalue weighted by Crippen LogP contribution is 2.35. The van der Waals surface area contributed by atoms with Crippen LogP contribution in [0.25, 0.3) is 0 Å². The zero-order valence-electron chi connectivity index (χ0n) is 68.3. The number of likely N-dealkylation sites (tertiary alicyclic amines) is 1. The second-order valence-electron chi connectivity index (χ2n) is 33.1. The Morgan fingerprint density at radius 1 is 0.481 bits per heavy atom. The van der Waals surface area contributed by atoms with Gasteiger partial charge in [0, 0.05) is 76.6 Å². The van der Waals surface area contributed by atoms with Gasteiger partial charge in [-0.25, -0.2) is 0 Å². The molecule has 0 spiro atoms. The molecule has 2 saturated carbocycles. The van der Waals surface area contributed by atoms with Crippen molar-refractivity contribution in [3.63, 3.8) is 0 Å². The molecule has 2 saturated heterocycles. The van der Waals surface area contributed by atoms with Crippen LogP contribution in [-0.2, 0) is 67.1 Å². The van der Waals surface area contributed by atoms with Crippen molar-refractivity contribution in [3.05, 3.63) is 0 Å². The SMILES string of the molecule is CC[C@H]1C(=O)N[C@@H](CC(C)C)C(=O)N(C)[C@@H](CC(C)C)C(=O)N(C)C(CC2CCCCC2)C(=O)N[C@@H](CCC2CCC(C(=O)NC)C(OC)C2)C(=O)N(C)[C@@H](CC(C)C)C(=O)N(C)[C@@H](CC(C)C)C(=O)N[C@@H]([C@@H](C)O)C(=O)N(C)CC(=O)N(C)[C@@H](CC(C)C)C(=O)N[C@H](C(=O)N2CCCCC2)CC(=O)N1C. The second kappa shape index (κ2) is 43.3. The first-order valence-electron chi connectivity index (χ1n) is 39.5. The Balaban J connectivity index is 2.00. The molecule has 28 nitrogen and oxygen atoms in total. The van der Waals surface area contributed by atoms with Gasteiger partial charge in [0.05, 0.1) is 31.1 Å². The van der Waals surface area contributed by atoms with Gasteiger partial charge in [-0.1, -0.05) is 108 Å². The number of carbonyl (C=O) groups excluding carboxylic acids is 13. The second-order valence-corrected chi connectivity index (χ2v) is 33.1. The summed E-state index contributed by atoms with van der Waals surface area (Å²) >= 11 is 0. The van der Waals surface area contributed by atoms with Gasteiger partial charge >= 0.3 is 0 Å². The van der Waals surface area contributed by atoms with Crippen molar-refractivity contribution in [2.75, 3.05) is 83.1 Å². The van der Waals surface area contributed by atoms with E-state index in [1.807, 2.05) is 69.2 Å². The first-order chi connectivity index (χ1) is 49.7. The Labute approximate surface area is 633 Å². The minimum Gasteiger partial charge on any atom is -0.391 e. The third kappa shape index (κ3) is 26.1. The molecule has 2 aliphatic carbocycles. The van der Waals surface area contributed by atoms with Crippen molar-refractivity contribution in [1.29, 1.82) is 0 Å². The number of aliphatic hydroxyl groups excluding tert-OH is 1. The van der Waals surface area contributed by atoms with Crippen molar-refractivity contribution < 1.29 is 72.2 Å². The fourth-order valence-electron chi connectivity index (χ4n) is 15.8. The summed E-state index contributed by atoms with van der Waals surface area (Å²) in [5, 5.41) is 25.6. The number of amides is 13. The highest BCUT2D eigenvalue weighted by molar-refractivity contribution is 6.00. The van der Waals surface area contributed by atoms with Crippen LogP contribution in [0.2, 0.25) is 0 Å². The largest absolute Gasteiger partial charge is 0.391 e. The maximum absolute atomic E-state index is 15.8. The van der Waals surface area contributed by atoms with Crippen LogP contribution in [0.4, 0.5) is 0 Å². The van der Waals surface area contributed by atoms with E-state index in [1.54, 1.807) is 26.0 Å². The van der Waals surface area contributed by atoms with Gasteiger partial charge in [-0.3, -0.25) is 62.3 Å². The van der Waals surface area contributed by atoms with Crippen LogP contribution < -0.4 is 26.6 Å². The lowest BCUT2D eigenvalue weighted by Crippen LogP contribution is -2.62. The predicted molar refractivity (Wildman–Crippen MR) is 405 cm³/mol. The highest BCUT2D eigenvalue weighted by atomic mass is 16.5. The Morgan fingerprint density at radius 3 is 1.42 bits per heavy atom. The maximum Gasteiger partial charge on any atom is 0.248 e. The van der Waals surface area contributed by atoms with E-state index in [0.717, 1.165) is 48.3 Å². The number of piperidine rings is 1. The van der Waals surface area contributed by atoms with Crippen LogP contribution in [0.3, 0.4) is 0 Å². The number of nitrogens with one attached hydrogen (secondary N) is 5. The molecule has 28 heteroatoms. The van der Waals surface area contributed by atoms with Crippen molar-refractivity contribution in [1.82, 2.24) is 65.8 Å². The number of hydrogen-bond acceptors (Lipinski definition) is 15. The van der Waals surface area contributed by atoms with Crippen LogP contribution in [0.15, 0.2) is 0 Å². The summed E-state index contributed by atoms with van der Waals surface area (Å²) in [6.45, 7) is 21.8. The van der Waals surface area contributed by atoms with E-state index >= 15 is 24.0 Å². The smallest absolute Gasteiger partial charge is 0.248 e. The first kappa shape index (κ1) is 91.4. The van der Waals surface area contributed by atoms with E-state index in [-0.39, 0.29) is 98.7 Å². The summed E-state index contributed by atoms with van der Waals surface area (Å²) in [7, 11) is 13.2.